The molecule has 0 saturated carbocycles. The highest BCUT2D eigenvalue weighted by molar-refractivity contribution is 6.11. The number of benzene rings is 2. The van der Waals surface area contributed by atoms with Crippen LogP contribution in [0.25, 0.3) is 11.0 Å². The van der Waals surface area contributed by atoms with Crippen LogP contribution < -0.4 is 10.9 Å². The summed E-state index contributed by atoms with van der Waals surface area (Å²) in [6.07, 6.45) is 0. The van der Waals surface area contributed by atoms with Gasteiger partial charge in [0.1, 0.15) is 5.58 Å². The van der Waals surface area contributed by atoms with Gasteiger partial charge in [0.15, 0.2) is 0 Å². The molecule has 6 heteroatoms. The zero-order valence-corrected chi connectivity index (χ0v) is 13.6. The summed E-state index contributed by atoms with van der Waals surface area (Å²) in [7, 11) is 0. The summed E-state index contributed by atoms with van der Waals surface area (Å²) in [6, 6.07) is 10.8. The maximum absolute atomic E-state index is 12.5. The fraction of sp³-hybridized carbons (Fsp3) is 0.105. The number of carboxylic acids is 1. The van der Waals surface area contributed by atoms with Crippen molar-refractivity contribution in [1.29, 1.82) is 0 Å². The number of nitrogens with one attached hydrogen (secondary N) is 1. The topological polar surface area (TPSA) is 96.6 Å². The van der Waals surface area contributed by atoms with Crippen molar-refractivity contribution >= 4 is 28.5 Å². The minimum atomic E-state index is -1.17. The van der Waals surface area contributed by atoms with Crippen molar-refractivity contribution in [3.05, 3.63) is 75.1 Å². The Hall–Kier alpha value is -3.41. The van der Waals surface area contributed by atoms with E-state index in [1.807, 2.05) is 0 Å². The Morgan fingerprint density at radius 1 is 1.00 bits per heavy atom. The van der Waals surface area contributed by atoms with E-state index in [9.17, 15) is 19.5 Å². The predicted octanol–water partition coefficient (Wildman–Crippen LogP) is 3.36. The molecule has 0 unspecified atom stereocenters. The van der Waals surface area contributed by atoms with Crippen LogP contribution in [0, 0.1) is 13.8 Å². The molecule has 0 spiro atoms. The first-order valence-corrected chi connectivity index (χ1v) is 7.55. The van der Waals surface area contributed by atoms with Crippen molar-refractivity contribution in [2.75, 3.05) is 5.32 Å². The number of fused-ring (bicyclic) bond motifs is 1. The van der Waals surface area contributed by atoms with Gasteiger partial charge < -0.3 is 14.8 Å². The number of carbonyl (C=O) groups is 2. The highest BCUT2D eigenvalue weighted by Gasteiger charge is 2.17. The summed E-state index contributed by atoms with van der Waals surface area (Å²) < 4.78 is 5.17. The molecule has 0 aliphatic rings. The number of aromatic carboxylic acids is 1. The molecule has 6 nitrogen and oxygen atoms in total. The number of aryl methyl sites for hydroxylation is 2. The monoisotopic (exact) mass is 337 g/mol. The molecule has 1 aromatic heterocycles. The average Bonchev–Trinajstić information content (AvgIpc) is 2.56. The van der Waals surface area contributed by atoms with Gasteiger partial charge in [-0.15, -0.1) is 0 Å². The highest BCUT2D eigenvalue weighted by atomic mass is 16.4. The summed E-state index contributed by atoms with van der Waals surface area (Å²) in [5.41, 5.74) is 1.96. The molecule has 25 heavy (non-hydrogen) atoms. The van der Waals surface area contributed by atoms with E-state index in [4.69, 9.17) is 4.42 Å². The lowest BCUT2D eigenvalue weighted by Gasteiger charge is -2.12. The number of carbonyl (C=O) groups excluding carboxylic acids is 1. The number of hydrogen-bond acceptors (Lipinski definition) is 4. The van der Waals surface area contributed by atoms with E-state index in [0.29, 0.717) is 22.2 Å². The lowest BCUT2D eigenvalue weighted by Crippen LogP contribution is -2.17. The van der Waals surface area contributed by atoms with Crippen LogP contribution in [-0.2, 0) is 0 Å². The summed E-state index contributed by atoms with van der Waals surface area (Å²) >= 11 is 0. The van der Waals surface area contributed by atoms with Gasteiger partial charge in [-0.25, -0.2) is 9.59 Å². The molecule has 2 N–H and O–H groups in total. The number of carboxylic acid groups (broad SMARTS) is 1. The molecule has 1 heterocycles. The number of anilines is 1. The molecule has 0 bridgehead atoms. The first-order chi connectivity index (χ1) is 11.9. The number of rotatable bonds is 3. The van der Waals surface area contributed by atoms with Crippen LogP contribution >= 0.6 is 0 Å². The van der Waals surface area contributed by atoms with Crippen LogP contribution in [0.3, 0.4) is 0 Å². The Bertz CT molecular complexity index is 1070. The molecular weight excluding hydrogens is 322 g/mol. The minimum Gasteiger partial charge on any atom is -0.478 e. The van der Waals surface area contributed by atoms with Crippen molar-refractivity contribution in [3.8, 4) is 0 Å². The van der Waals surface area contributed by atoms with Gasteiger partial charge in [0.25, 0.3) is 5.91 Å². The fourth-order valence-electron chi connectivity index (χ4n) is 2.66. The Morgan fingerprint density at radius 3 is 2.36 bits per heavy atom. The SMILES string of the molecule is Cc1cc2oc(=O)cc(C)c2cc1NC(=O)c1ccccc1C(=O)O. The molecule has 3 aromatic rings. The van der Waals surface area contributed by atoms with Crippen LogP contribution in [-0.4, -0.2) is 17.0 Å². The largest absolute Gasteiger partial charge is 0.478 e. The standard InChI is InChI=1S/C19H15NO5/c1-10-8-17(21)25-16-7-11(2)15(9-14(10)16)20-18(22)12-5-3-4-6-13(12)19(23)24/h3-9H,1-2H3,(H,20,22)(H,23,24). The zero-order valence-electron chi connectivity index (χ0n) is 13.6. The van der Waals surface area contributed by atoms with Crippen molar-refractivity contribution in [2.45, 2.75) is 13.8 Å². The van der Waals surface area contributed by atoms with Crippen molar-refractivity contribution in [2.24, 2.45) is 0 Å². The van der Waals surface area contributed by atoms with E-state index in [-0.39, 0.29) is 11.1 Å². The molecule has 126 valence electrons. The molecule has 2 aromatic carbocycles. The van der Waals surface area contributed by atoms with Gasteiger partial charge in [0.05, 0.1) is 11.1 Å². The third-order valence-corrected chi connectivity index (χ3v) is 3.95. The lowest BCUT2D eigenvalue weighted by molar-refractivity contribution is 0.0692. The van der Waals surface area contributed by atoms with Gasteiger partial charge in [-0.3, -0.25) is 4.79 Å². The molecule has 0 atom stereocenters. The van der Waals surface area contributed by atoms with Crippen LogP contribution in [0.5, 0.6) is 0 Å². The van der Waals surface area contributed by atoms with Crippen LogP contribution in [0.1, 0.15) is 31.8 Å². The third-order valence-electron chi connectivity index (χ3n) is 3.95. The van der Waals surface area contributed by atoms with Gasteiger partial charge in [-0.1, -0.05) is 12.1 Å². The Morgan fingerprint density at radius 2 is 1.68 bits per heavy atom. The normalized spacial score (nSPS) is 10.6. The Kier molecular flexibility index (Phi) is 4.10. The molecular formula is C19H15NO5. The summed E-state index contributed by atoms with van der Waals surface area (Å²) in [6.45, 7) is 3.54. The third kappa shape index (κ3) is 3.14. The summed E-state index contributed by atoms with van der Waals surface area (Å²) in [4.78, 5) is 35.3. The number of amides is 1. The Balaban J connectivity index is 2.04. The second-order valence-corrected chi connectivity index (χ2v) is 5.72. The smallest absolute Gasteiger partial charge is 0.336 e. The molecule has 1 amide bonds. The van der Waals surface area contributed by atoms with E-state index in [1.165, 1.54) is 18.2 Å². The second kappa shape index (κ2) is 6.24. The predicted molar refractivity (Wildman–Crippen MR) is 93.3 cm³/mol. The summed E-state index contributed by atoms with van der Waals surface area (Å²) in [5, 5.41) is 12.7. The average molecular weight is 337 g/mol. The molecule has 3 rings (SSSR count). The van der Waals surface area contributed by atoms with Crippen molar-refractivity contribution in [1.82, 2.24) is 0 Å². The molecule has 0 aliphatic heterocycles. The maximum atomic E-state index is 12.5. The van der Waals surface area contributed by atoms with Gasteiger partial charge in [-0.05, 0) is 49.2 Å². The highest BCUT2D eigenvalue weighted by Crippen LogP contribution is 2.25. The van der Waals surface area contributed by atoms with Crippen LogP contribution in [0.15, 0.2) is 51.7 Å². The first kappa shape index (κ1) is 16.4. The molecule has 0 radical (unpaired) electrons. The molecule has 0 aliphatic carbocycles. The zero-order chi connectivity index (χ0) is 18.1. The van der Waals surface area contributed by atoms with E-state index in [0.717, 1.165) is 5.56 Å². The molecule has 0 saturated heterocycles. The summed E-state index contributed by atoms with van der Waals surface area (Å²) in [5.74, 6) is -1.69. The van der Waals surface area contributed by atoms with Crippen molar-refractivity contribution in [3.63, 3.8) is 0 Å². The van der Waals surface area contributed by atoms with E-state index >= 15 is 0 Å². The quantitative estimate of drug-likeness (QED) is 0.714. The van der Waals surface area contributed by atoms with Crippen LogP contribution in [0.2, 0.25) is 0 Å². The Labute approximate surface area is 142 Å². The van der Waals surface area contributed by atoms with Crippen molar-refractivity contribution < 1.29 is 19.1 Å². The minimum absolute atomic E-state index is 0.0689. The van der Waals surface area contributed by atoms with Gasteiger partial charge in [-0.2, -0.15) is 0 Å². The van der Waals surface area contributed by atoms with Gasteiger partial charge in [0.2, 0.25) is 0 Å². The second-order valence-electron chi connectivity index (χ2n) is 5.72. The van der Waals surface area contributed by atoms with E-state index in [1.54, 1.807) is 38.1 Å². The lowest BCUT2D eigenvalue weighted by atomic mass is 10.0. The van der Waals surface area contributed by atoms with Crippen LogP contribution in [0.4, 0.5) is 5.69 Å². The molecule has 0 fully saturated rings. The van der Waals surface area contributed by atoms with Gasteiger partial charge in [0, 0.05) is 17.1 Å². The van der Waals surface area contributed by atoms with Gasteiger partial charge >= 0.3 is 11.6 Å². The van der Waals surface area contributed by atoms with E-state index < -0.39 is 17.5 Å². The maximum Gasteiger partial charge on any atom is 0.336 e. The number of hydrogen-bond donors (Lipinski definition) is 2. The van der Waals surface area contributed by atoms with E-state index in [2.05, 4.69) is 5.32 Å². The first-order valence-electron chi connectivity index (χ1n) is 7.55. The fourth-order valence-corrected chi connectivity index (χ4v) is 2.66.